The van der Waals surface area contributed by atoms with Crippen LogP contribution in [0.3, 0.4) is 0 Å². The smallest absolute Gasteiger partial charge is 0.358 e. The number of carbonyl (C=O) groups excluding carboxylic acids is 1. The molecule has 2 atom stereocenters. The zero-order valence-corrected chi connectivity index (χ0v) is 10.8. The Balaban J connectivity index is 2.57. The fourth-order valence-corrected chi connectivity index (χ4v) is 1.31. The van der Waals surface area contributed by atoms with E-state index in [0.717, 1.165) is 0 Å². The van der Waals surface area contributed by atoms with Crippen molar-refractivity contribution < 1.29 is 13.7 Å². The topological polar surface area (TPSA) is 81.2 Å². The van der Waals surface area contributed by atoms with Gasteiger partial charge in [0.15, 0.2) is 5.69 Å². The highest BCUT2D eigenvalue weighted by Gasteiger charge is 2.09. The summed E-state index contributed by atoms with van der Waals surface area (Å²) in [5.74, 6) is 0.0158. The van der Waals surface area contributed by atoms with Gasteiger partial charge in [-0.3, -0.25) is 4.21 Å². The Morgan fingerprint density at radius 1 is 1.53 bits per heavy atom. The molecule has 7 heteroatoms. The van der Waals surface area contributed by atoms with E-state index in [1.807, 2.05) is 6.92 Å². The van der Waals surface area contributed by atoms with E-state index in [2.05, 4.69) is 20.0 Å². The van der Waals surface area contributed by atoms with Gasteiger partial charge >= 0.3 is 5.97 Å². The van der Waals surface area contributed by atoms with Crippen molar-refractivity contribution in [3.05, 3.63) is 18.1 Å². The third-order valence-electron chi connectivity index (χ3n) is 2.18. The Morgan fingerprint density at radius 3 is 2.71 bits per heavy atom. The van der Waals surface area contributed by atoms with Gasteiger partial charge in [-0.05, 0) is 6.92 Å². The number of hydrogen-bond donors (Lipinski definition) is 1. The molecule has 0 radical (unpaired) electrons. The number of anilines is 1. The van der Waals surface area contributed by atoms with Crippen molar-refractivity contribution in [3.63, 3.8) is 0 Å². The van der Waals surface area contributed by atoms with Crippen molar-refractivity contribution >= 4 is 22.6 Å². The first kappa shape index (κ1) is 13.6. The molecular formula is C10H15N3O3S. The molecule has 1 aromatic rings. The van der Waals surface area contributed by atoms with Gasteiger partial charge in [-0.15, -0.1) is 0 Å². The van der Waals surface area contributed by atoms with Crippen molar-refractivity contribution in [2.24, 2.45) is 0 Å². The normalized spacial score (nSPS) is 13.8. The van der Waals surface area contributed by atoms with Crippen LogP contribution < -0.4 is 5.32 Å². The Hall–Kier alpha value is -1.50. The summed E-state index contributed by atoms with van der Waals surface area (Å²) in [6.45, 7) is 2.41. The minimum atomic E-state index is -0.882. The van der Waals surface area contributed by atoms with Crippen LogP contribution in [0.4, 0.5) is 5.82 Å². The van der Waals surface area contributed by atoms with Gasteiger partial charge in [-0.25, -0.2) is 14.8 Å². The first-order valence-electron chi connectivity index (χ1n) is 5.01. The van der Waals surface area contributed by atoms with Crippen LogP contribution >= 0.6 is 0 Å². The van der Waals surface area contributed by atoms with E-state index in [9.17, 15) is 9.00 Å². The van der Waals surface area contributed by atoms with E-state index in [0.29, 0.717) is 12.4 Å². The minimum Gasteiger partial charge on any atom is -0.464 e. The fourth-order valence-electron chi connectivity index (χ4n) is 0.995. The standard InChI is InChI=1S/C10H15N3O3S/c1-7(17(3)15)4-12-9-6-11-8(5-13-9)10(14)16-2/h5-7H,4H2,1-3H3,(H,12,13). The van der Waals surface area contributed by atoms with Crippen molar-refractivity contribution in [2.45, 2.75) is 12.2 Å². The van der Waals surface area contributed by atoms with E-state index >= 15 is 0 Å². The quantitative estimate of drug-likeness (QED) is 0.771. The summed E-state index contributed by atoms with van der Waals surface area (Å²) in [6, 6.07) is 0. The number of ether oxygens (including phenoxy) is 1. The maximum absolute atomic E-state index is 11.1. The maximum Gasteiger partial charge on any atom is 0.358 e. The lowest BCUT2D eigenvalue weighted by Gasteiger charge is -2.09. The Bertz CT molecular complexity index is 408. The Kier molecular flexibility index (Phi) is 5.02. The molecule has 0 fully saturated rings. The van der Waals surface area contributed by atoms with Crippen LogP contribution in [-0.2, 0) is 15.5 Å². The minimum absolute atomic E-state index is 0.0251. The summed E-state index contributed by atoms with van der Waals surface area (Å²) in [7, 11) is 0.404. The third-order valence-corrected chi connectivity index (χ3v) is 3.48. The summed E-state index contributed by atoms with van der Waals surface area (Å²) in [5, 5.41) is 3.02. The summed E-state index contributed by atoms with van der Waals surface area (Å²) < 4.78 is 15.6. The molecule has 6 nitrogen and oxygen atoms in total. The van der Waals surface area contributed by atoms with Crippen molar-refractivity contribution in [2.75, 3.05) is 25.2 Å². The molecule has 0 aromatic carbocycles. The van der Waals surface area contributed by atoms with Gasteiger partial charge in [-0.1, -0.05) is 0 Å². The van der Waals surface area contributed by atoms with Crippen LogP contribution in [-0.4, -0.2) is 45.3 Å². The molecule has 0 bridgehead atoms. The lowest BCUT2D eigenvalue weighted by atomic mass is 10.4. The zero-order valence-electron chi connectivity index (χ0n) is 9.97. The van der Waals surface area contributed by atoms with Crippen LogP contribution in [0.5, 0.6) is 0 Å². The molecule has 0 spiro atoms. The van der Waals surface area contributed by atoms with E-state index in [1.165, 1.54) is 19.5 Å². The SMILES string of the molecule is COC(=O)c1cnc(NCC(C)S(C)=O)cn1. The molecule has 1 aromatic heterocycles. The highest BCUT2D eigenvalue weighted by molar-refractivity contribution is 7.84. The predicted octanol–water partition coefficient (Wildman–Crippen LogP) is 0.442. The van der Waals surface area contributed by atoms with Crippen LogP contribution in [0.25, 0.3) is 0 Å². The molecular weight excluding hydrogens is 242 g/mol. The molecule has 0 saturated carbocycles. The lowest BCUT2D eigenvalue weighted by Crippen LogP contribution is -2.21. The summed E-state index contributed by atoms with van der Waals surface area (Å²) in [5.41, 5.74) is 0.158. The van der Waals surface area contributed by atoms with Gasteiger partial charge < -0.3 is 10.1 Å². The van der Waals surface area contributed by atoms with E-state index in [-0.39, 0.29) is 10.9 Å². The maximum atomic E-state index is 11.1. The highest BCUT2D eigenvalue weighted by atomic mass is 32.2. The predicted molar refractivity (Wildman–Crippen MR) is 65.4 cm³/mol. The van der Waals surface area contributed by atoms with Crippen molar-refractivity contribution in [3.8, 4) is 0 Å². The fraction of sp³-hybridized carbons (Fsp3) is 0.500. The van der Waals surface area contributed by atoms with Crippen LogP contribution in [0.1, 0.15) is 17.4 Å². The van der Waals surface area contributed by atoms with Gasteiger partial charge in [-0.2, -0.15) is 0 Å². The molecule has 0 amide bonds. The van der Waals surface area contributed by atoms with E-state index < -0.39 is 16.8 Å². The molecule has 2 unspecified atom stereocenters. The first-order valence-corrected chi connectivity index (χ1v) is 6.63. The Morgan fingerprint density at radius 2 is 2.24 bits per heavy atom. The Labute approximate surface area is 102 Å². The largest absolute Gasteiger partial charge is 0.464 e. The molecule has 94 valence electrons. The third kappa shape index (κ3) is 4.10. The molecule has 1 N–H and O–H groups in total. The number of nitrogens with zero attached hydrogens (tertiary/aromatic N) is 2. The summed E-state index contributed by atoms with van der Waals surface area (Å²) >= 11 is 0. The van der Waals surface area contributed by atoms with E-state index in [1.54, 1.807) is 6.26 Å². The van der Waals surface area contributed by atoms with Gasteiger partial charge in [0.25, 0.3) is 0 Å². The number of rotatable bonds is 5. The second kappa shape index (κ2) is 6.29. The number of carbonyl (C=O) groups is 1. The second-order valence-corrected chi connectivity index (χ2v) is 5.27. The van der Waals surface area contributed by atoms with Gasteiger partial charge in [0.05, 0.1) is 19.5 Å². The van der Waals surface area contributed by atoms with Crippen LogP contribution in [0.15, 0.2) is 12.4 Å². The number of nitrogens with one attached hydrogen (secondary N) is 1. The van der Waals surface area contributed by atoms with Crippen molar-refractivity contribution in [1.29, 1.82) is 0 Å². The summed E-state index contributed by atoms with van der Waals surface area (Å²) in [4.78, 5) is 19.0. The van der Waals surface area contributed by atoms with Crippen LogP contribution in [0, 0.1) is 0 Å². The number of hydrogen-bond acceptors (Lipinski definition) is 6. The average Bonchev–Trinajstić information content (AvgIpc) is 2.35. The van der Waals surface area contributed by atoms with Crippen LogP contribution in [0.2, 0.25) is 0 Å². The highest BCUT2D eigenvalue weighted by Crippen LogP contribution is 2.03. The molecule has 0 aliphatic heterocycles. The van der Waals surface area contributed by atoms with Gasteiger partial charge in [0.1, 0.15) is 5.82 Å². The molecule has 0 aliphatic rings. The van der Waals surface area contributed by atoms with E-state index in [4.69, 9.17) is 0 Å². The molecule has 1 heterocycles. The second-order valence-electron chi connectivity index (χ2n) is 3.47. The van der Waals surface area contributed by atoms with Gasteiger partial charge in [0, 0.05) is 28.9 Å². The first-order chi connectivity index (χ1) is 8.04. The molecule has 1 rings (SSSR count). The monoisotopic (exact) mass is 257 g/mol. The zero-order chi connectivity index (χ0) is 12.8. The molecule has 17 heavy (non-hydrogen) atoms. The molecule has 0 saturated heterocycles. The van der Waals surface area contributed by atoms with Crippen molar-refractivity contribution in [1.82, 2.24) is 9.97 Å². The summed E-state index contributed by atoms with van der Waals surface area (Å²) in [6.07, 6.45) is 4.43. The number of aromatic nitrogens is 2. The lowest BCUT2D eigenvalue weighted by molar-refractivity contribution is 0.0593. The number of esters is 1. The van der Waals surface area contributed by atoms with Gasteiger partial charge in [0.2, 0.25) is 0 Å². The number of methoxy groups -OCH3 is 1. The molecule has 0 aliphatic carbocycles. The average molecular weight is 257 g/mol.